The van der Waals surface area contributed by atoms with Crippen molar-refractivity contribution in [2.24, 2.45) is 0 Å². The second-order valence-corrected chi connectivity index (χ2v) is 5.62. The molecule has 0 unspecified atom stereocenters. The molecule has 1 aromatic carbocycles. The van der Waals surface area contributed by atoms with Gasteiger partial charge in [-0.1, -0.05) is 0 Å². The van der Waals surface area contributed by atoms with Crippen LogP contribution >= 0.6 is 31.9 Å². The number of carbonyl (C=O) groups is 1. The Kier molecular flexibility index (Phi) is 4.14. The fourth-order valence-corrected chi connectivity index (χ4v) is 2.33. The highest BCUT2D eigenvalue weighted by atomic mass is 79.9. The van der Waals surface area contributed by atoms with Gasteiger partial charge in [0.15, 0.2) is 5.78 Å². The zero-order valence-electron chi connectivity index (χ0n) is 9.36. The van der Waals surface area contributed by atoms with Gasteiger partial charge in [-0.3, -0.25) is 9.78 Å². The molecule has 92 valence electrons. The molecule has 3 nitrogen and oxygen atoms in total. The molecular formula is C13H10Br2N2O. The first kappa shape index (κ1) is 13.2. The number of carbonyl (C=O) groups excluding carboxylic acids is 1. The number of nitrogens with zero attached hydrogens (tertiary/aromatic N) is 1. The molecule has 1 aromatic heterocycles. The third-order valence-corrected chi connectivity index (χ3v) is 3.57. The standard InChI is InChI=1S/C13H10Br2N2O/c14-10-3-8(6-17-7-10)4-13(18)9-1-2-12(16)11(15)5-9/h1-3,5-7H,4,16H2. The number of Topliss-reactive ketones (excluding diaryl/α,β-unsaturated/α-hetero) is 1. The number of hydrogen-bond acceptors (Lipinski definition) is 3. The Bertz CT molecular complexity index is 599. The highest BCUT2D eigenvalue weighted by molar-refractivity contribution is 9.10. The lowest BCUT2D eigenvalue weighted by atomic mass is 10.0. The molecule has 2 rings (SSSR count). The van der Waals surface area contributed by atoms with Crippen LogP contribution in [0.4, 0.5) is 5.69 Å². The van der Waals surface area contributed by atoms with Crippen LogP contribution in [0.15, 0.2) is 45.6 Å². The van der Waals surface area contributed by atoms with Crippen LogP contribution in [-0.2, 0) is 6.42 Å². The summed E-state index contributed by atoms with van der Waals surface area (Å²) in [5.74, 6) is 0.0376. The highest BCUT2D eigenvalue weighted by Crippen LogP contribution is 2.21. The Morgan fingerprint density at radius 1 is 1.22 bits per heavy atom. The highest BCUT2D eigenvalue weighted by Gasteiger charge is 2.09. The van der Waals surface area contributed by atoms with Crippen molar-refractivity contribution in [2.45, 2.75) is 6.42 Å². The number of rotatable bonds is 3. The van der Waals surface area contributed by atoms with Crippen LogP contribution < -0.4 is 5.73 Å². The molecule has 0 aliphatic heterocycles. The van der Waals surface area contributed by atoms with Gasteiger partial charge < -0.3 is 5.73 Å². The Morgan fingerprint density at radius 2 is 2.00 bits per heavy atom. The average Bonchev–Trinajstić information content (AvgIpc) is 2.32. The van der Waals surface area contributed by atoms with Gasteiger partial charge in [0, 0.05) is 39.0 Å². The Balaban J connectivity index is 2.19. The summed E-state index contributed by atoms with van der Waals surface area (Å²) in [5.41, 5.74) is 7.82. The largest absolute Gasteiger partial charge is 0.398 e. The summed E-state index contributed by atoms with van der Waals surface area (Å²) in [6, 6.07) is 7.07. The predicted octanol–water partition coefficient (Wildman–Crippen LogP) is 3.61. The maximum absolute atomic E-state index is 12.1. The quantitative estimate of drug-likeness (QED) is 0.664. The first-order valence-corrected chi connectivity index (χ1v) is 6.82. The number of nitrogens with two attached hydrogens (primary N) is 1. The van der Waals surface area contributed by atoms with Crippen molar-refractivity contribution in [3.63, 3.8) is 0 Å². The maximum atomic E-state index is 12.1. The van der Waals surface area contributed by atoms with Gasteiger partial charge in [-0.25, -0.2) is 0 Å². The number of ketones is 1. The topological polar surface area (TPSA) is 56.0 Å². The average molecular weight is 370 g/mol. The molecule has 2 N–H and O–H groups in total. The predicted molar refractivity (Wildman–Crippen MR) is 78.5 cm³/mol. The van der Waals surface area contributed by atoms with Crippen LogP contribution in [-0.4, -0.2) is 10.8 Å². The molecule has 0 bridgehead atoms. The summed E-state index contributed by atoms with van der Waals surface area (Å²) < 4.78 is 1.60. The molecule has 0 radical (unpaired) electrons. The van der Waals surface area contributed by atoms with Crippen molar-refractivity contribution in [1.29, 1.82) is 0 Å². The first-order chi connectivity index (χ1) is 8.56. The molecule has 1 heterocycles. The minimum atomic E-state index is 0.0376. The van der Waals surface area contributed by atoms with Crippen LogP contribution in [0.3, 0.4) is 0 Å². The molecule has 0 amide bonds. The molecule has 0 spiro atoms. The second-order valence-electron chi connectivity index (χ2n) is 3.85. The maximum Gasteiger partial charge on any atom is 0.167 e. The van der Waals surface area contributed by atoms with Crippen LogP contribution in [0, 0.1) is 0 Å². The van der Waals surface area contributed by atoms with Gasteiger partial charge in [0.1, 0.15) is 0 Å². The number of hydrogen-bond donors (Lipinski definition) is 1. The van der Waals surface area contributed by atoms with Gasteiger partial charge in [-0.05, 0) is 61.7 Å². The number of nitrogen functional groups attached to an aromatic ring is 1. The van der Waals surface area contributed by atoms with E-state index in [2.05, 4.69) is 36.8 Å². The van der Waals surface area contributed by atoms with Crippen molar-refractivity contribution in [1.82, 2.24) is 4.98 Å². The van der Waals surface area contributed by atoms with Crippen LogP contribution in [0.2, 0.25) is 0 Å². The molecule has 2 aromatic rings. The number of anilines is 1. The zero-order valence-corrected chi connectivity index (χ0v) is 12.5. The fourth-order valence-electron chi connectivity index (χ4n) is 1.54. The Hall–Kier alpha value is -1.20. The normalized spacial score (nSPS) is 10.3. The smallest absolute Gasteiger partial charge is 0.167 e. The first-order valence-electron chi connectivity index (χ1n) is 5.24. The number of pyridine rings is 1. The molecule has 0 aliphatic carbocycles. The van der Waals surface area contributed by atoms with Crippen LogP contribution in [0.1, 0.15) is 15.9 Å². The molecule has 0 saturated carbocycles. The Morgan fingerprint density at radius 3 is 2.67 bits per heavy atom. The van der Waals surface area contributed by atoms with E-state index in [9.17, 15) is 4.79 Å². The summed E-state index contributed by atoms with van der Waals surface area (Å²) in [5, 5.41) is 0. The van der Waals surface area contributed by atoms with Gasteiger partial charge in [-0.15, -0.1) is 0 Å². The van der Waals surface area contributed by atoms with Gasteiger partial charge in [-0.2, -0.15) is 0 Å². The summed E-state index contributed by atoms with van der Waals surface area (Å²) in [6.07, 6.45) is 3.70. The van der Waals surface area contributed by atoms with E-state index in [1.807, 2.05) is 6.07 Å². The van der Waals surface area contributed by atoms with E-state index in [0.29, 0.717) is 17.7 Å². The summed E-state index contributed by atoms with van der Waals surface area (Å²) >= 11 is 6.65. The molecule has 5 heteroatoms. The van der Waals surface area contributed by atoms with E-state index in [0.717, 1.165) is 14.5 Å². The van der Waals surface area contributed by atoms with Crippen molar-refractivity contribution in [3.8, 4) is 0 Å². The molecular weight excluding hydrogens is 360 g/mol. The van der Waals surface area contributed by atoms with Gasteiger partial charge >= 0.3 is 0 Å². The van der Waals surface area contributed by atoms with E-state index in [1.54, 1.807) is 30.6 Å². The van der Waals surface area contributed by atoms with E-state index in [-0.39, 0.29) is 5.78 Å². The molecule has 0 fully saturated rings. The van der Waals surface area contributed by atoms with Crippen molar-refractivity contribution >= 4 is 43.3 Å². The van der Waals surface area contributed by atoms with Crippen molar-refractivity contribution < 1.29 is 4.79 Å². The van der Waals surface area contributed by atoms with Crippen LogP contribution in [0.5, 0.6) is 0 Å². The van der Waals surface area contributed by atoms with Gasteiger partial charge in [0.25, 0.3) is 0 Å². The third kappa shape index (κ3) is 3.17. The minimum absolute atomic E-state index is 0.0376. The van der Waals surface area contributed by atoms with Gasteiger partial charge in [0.2, 0.25) is 0 Å². The monoisotopic (exact) mass is 368 g/mol. The van der Waals surface area contributed by atoms with Crippen LogP contribution in [0.25, 0.3) is 0 Å². The van der Waals surface area contributed by atoms with E-state index >= 15 is 0 Å². The van der Waals surface area contributed by atoms with Crippen molar-refractivity contribution in [2.75, 3.05) is 5.73 Å². The SMILES string of the molecule is Nc1ccc(C(=O)Cc2cncc(Br)c2)cc1Br. The third-order valence-electron chi connectivity index (χ3n) is 2.45. The fraction of sp³-hybridized carbons (Fsp3) is 0.0769. The molecule has 18 heavy (non-hydrogen) atoms. The lowest BCUT2D eigenvalue weighted by Gasteiger charge is -2.04. The van der Waals surface area contributed by atoms with Crippen molar-refractivity contribution in [3.05, 3.63) is 56.7 Å². The number of benzene rings is 1. The second kappa shape index (κ2) is 5.63. The molecule has 0 saturated heterocycles. The number of halogens is 2. The van der Waals surface area contributed by atoms with Gasteiger partial charge in [0.05, 0.1) is 0 Å². The van der Waals surface area contributed by atoms with E-state index in [4.69, 9.17) is 5.73 Å². The Labute approximate surface area is 122 Å². The summed E-state index contributed by atoms with van der Waals surface area (Å²) in [7, 11) is 0. The molecule has 0 aliphatic rings. The lowest BCUT2D eigenvalue weighted by Crippen LogP contribution is -2.04. The van der Waals surface area contributed by atoms with E-state index < -0.39 is 0 Å². The summed E-state index contributed by atoms with van der Waals surface area (Å²) in [4.78, 5) is 16.1. The minimum Gasteiger partial charge on any atom is -0.398 e. The number of aromatic nitrogens is 1. The van der Waals surface area contributed by atoms with E-state index in [1.165, 1.54) is 0 Å². The summed E-state index contributed by atoms with van der Waals surface area (Å²) in [6.45, 7) is 0. The zero-order chi connectivity index (χ0) is 13.1. The lowest BCUT2D eigenvalue weighted by molar-refractivity contribution is 0.0993. The molecule has 0 atom stereocenters.